The summed E-state index contributed by atoms with van der Waals surface area (Å²) < 4.78 is 19.4. The van der Waals surface area contributed by atoms with Crippen molar-refractivity contribution in [3.8, 4) is 22.8 Å². The van der Waals surface area contributed by atoms with E-state index in [2.05, 4.69) is 38.7 Å². The smallest absolute Gasteiger partial charge is 0.135 e. The van der Waals surface area contributed by atoms with E-state index in [1.165, 1.54) is 5.56 Å². The van der Waals surface area contributed by atoms with Crippen LogP contribution in [0.5, 0.6) is 11.5 Å². The molecule has 0 radical (unpaired) electrons. The Balaban J connectivity index is 1.33. The molecule has 1 aromatic heterocycles. The highest BCUT2D eigenvalue weighted by molar-refractivity contribution is 5.61. The van der Waals surface area contributed by atoms with Gasteiger partial charge in [-0.2, -0.15) is 0 Å². The Bertz CT molecular complexity index is 1030. The predicted molar refractivity (Wildman–Crippen MR) is 115 cm³/mol. The topological polar surface area (TPSA) is 48.8 Å². The third-order valence-corrected chi connectivity index (χ3v) is 6.22. The second-order valence-corrected chi connectivity index (χ2v) is 8.16. The molecule has 156 valence electrons. The van der Waals surface area contributed by atoms with E-state index >= 15 is 0 Å². The quantitative estimate of drug-likeness (QED) is 0.647. The number of benzene rings is 2. The molecule has 0 bridgehead atoms. The summed E-state index contributed by atoms with van der Waals surface area (Å²) in [6, 6.07) is 16.5. The van der Waals surface area contributed by atoms with E-state index in [-0.39, 0.29) is 5.60 Å². The lowest BCUT2D eigenvalue weighted by Crippen LogP contribution is -2.44. The largest absolute Gasteiger partial charge is 0.497 e. The highest BCUT2D eigenvalue weighted by atomic mass is 16.5. The van der Waals surface area contributed by atoms with Crippen molar-refractivity contribution in [3.63, 3.8) is 0 Å². The van der Waals surface area contributed by atoms with Gasteiger partial charge in [0.2, 0.25) is 0 Å². The molecule has 30 heavy (non-hydrogen) atoms. The van der Waals surface area contributed by atoms with Gasteiger partial charge in [0.25, 0.3) is 0 Å². The molecule has 2 aromatic carbocycles. The van der Waals surface area contributed by atoms with E-state index in [1.54, 1.807) is 14.2 Å². The van der Waals surface area contributed by atoms with Crippen molar-refractivity contribution in [2.75, 3.05) is 27.3 Å². The number of rotatable bonds is 5. The number of hydrogen-bond acceptors (Lipinski definition) is 5. The van der Waals surface area contributed by atoms with E-state index in [9.17, 15) is 0 Å². The van der Waals surface area contributed by atoms with E-state index in [0.29, 0.717) is 6.61 Å². The van der Waals surface area contributed by atoms with Gasteiger partial charge in [0.05, 0.1) is 32.7 Å². The Morgan fingerprint density at radius 2 is 1.87 bits per heavy atom. The summed E-state index contributed by atoms with van der Waals surface area (Å²) in [5.41, 5.74) is 3.39. The Morgan fingerprint density at radius 1 is 1.03 bits per heavy atom. The van der Waals surface area contributed by atoms with Crippen molar-refractivity contribution in [3.05, 3.63) is 66.1 Å². The van der Waals surface area contributed by atoms with Gasteiger partial charge in [-0.3, -0.25) is 4.90 Å². The highest BCUT2D eigenvalue weighted by Crippen LogP contribution is 2.36. The van der Waals surface area contributed by atoms with Crippen LogP contribution in [0.15, 0.2) is 54.7 Å². The summed E-state index contributed by atoms with van der Waals surface area (Å²) in [7, 11) is 3.40. The Labute approximate surface area is 177 Å². The highest BCUT2D eigenvalue weighted by Gasteiger charge is 2.43. The van der Waals surface area contributed by atoms with Crippen molar-refractivity contribution >= 4 is 0 Å². The molecule has 1 atom stereocenters. The molecule has 1 spiro atoms. The van der Waals surface area contributed by atoms with Gasteiger partial charge in [-0.05, 0) is 36.2 Å². The number of imidazole rings is 1. The van der Waals surface area contributed by atoms with Gasteiger partial charge < -0.3 is 18.8 Å². The van der Waals surface area contributed by atoms with Crippen molar-refractivity contribution in [2.24, 2.45) is 0 Å². The van der Waals surface area contributed by atoms with Crippen LogP contribution in [-0.4, -0.2) is 47.4 Å². The molecule has 3 heterocycles. The summed E-state index contributed by atoms with van der Waals surface area (Å²) in [6.07, 6.45) is 2.98. The van der Waals surface area contributed by atoms with E-state index in [1.807, 2.05) is 30.5 Å². The molecule has 2 aliphatic heterocycles. The lowest BCUT2D eigenvalue weighted by atomic mass is 10.0. The Hall–Kier alpha value is -2.83. The summed E-state index contributed by atoms with van der Waals surface area (Å²) in [6.45, 7) is 4.27. The lowest BCUT2D eigenvalue weighted by molar-refractivity contribution is -0.0821. The summed E-state index contributed by atoms with van der Waals surface area (Å²) in [5.74, 6) is 2.74. The van der Waals surface area contributed by atoms with Crippen molar-refractivity contribution in [2.45, 2.75) is 31.7 Å². The van der Waals surface area contributed by atoms with E-state index in [0.717, 1.165) is 61.2 Å². The van der Waals surface area contributed by atoms with Crippen molar-refractivity contribution in [1.29, 1.82) is 0 Å². The van der Waals surface area contributed by atoms with Crippen LogP contribution >= 0.6 is 0 Å². The van der Waals surface area contributed by atoms with Gasteiger partial charge in [0, 0.05) is 25.2 Å². The third kappa shape index (κ3) is 3.57. The van der Waals surface area contributed by atoms with Gasteiger partial charge in [0.15, 0.2) is 0 Å². The van der Waals surface area contributed by atoms with Crippen LogP contribution in [0.2, 0.25) is 0 Å². The molecule has 6 heteroatoms. The van der Waals surface area contributed by atoms with Crippen molar-refractivity contribution in [1.82, 2.24) is 14.5 Å². The zero-order valence-electron chi connectivity index (χ0n) is 17.5. The molecular weight excluding hydrogens is 378 g/mol. The van der Waals surface area contributed by atoms with Gasteiger partial charge in [-0.1, -0.05) is 24.3 Å². The van der Waals surface area contributed by atoms with Crippen LogP contribution in [-0.2, 0) is 24.4 Å². The van der Waals surface area contributed by atoms with Crippen LogP contribution < -0.4 is 9.47 Å². The number of methoxy groups -OCH3 is 2. The second kappa shape index (κ2) is 7.78. The zero-order valence-corrected chi connectivity index (χ0v) is 17.5. The molecule has 0 aliphatic carbocycles. The zero-order chi connectivity index (χ0) is 20.6. The fraction of sp³-hybridized carbons (Fsp3) is 0.375. The first-order valence-corrected chi connectivity index (χ1v) is 10.4. The first-order chi connectivity index (χ1) is 14.7. The molecule has 1 fully saturated rings. The summed E-state index contributed by atoms with van der Waals surface area (Å²) >= 11 is 0. The number of aromatic nitrogens is 2. The number of nitrogens with zero attached hydrogens (tertiary/aromatic N) is 3. The monoisotopic (exact) mass is 405 g/mol. The van der Waals surface area contributed by atoms with Crippen molar-refractivity contribution < 1.29 is 14.2 Å². The van der Waals surface area contributed by atoms with Crippen LogP contribution in [0.25, 0.3) is 11.3 Å². The van der Waals surface area contributed by atoms with Crippen LogP contribution in [0, 0.1) is 0 Å². The lowest BCUT2D eigenvalue weighted by Gasteiger charge is -2.35. The SMILES string of the molecule is COc1ccc(CN2CCC3(C2)Cn2c(-c4cccc(OC)c4)cnc2CO3)cc1. The molecule has 1 unspecified atom stereocenters. The molecule has 0 N–H and O–H groups in total. The number of fused-ring (bicyclic) bond motifs is 1. The Kier molecular flexibility index (Phi) is 4.97. The van der Waals surface area contributed by atoms with Crippen LogP contribution in [0.4, 0.5) is 0 Å². The normalized spacial score (nSPS) is 21.0. The minimum Gasteiger partial charge on any atom is -0.497 e. The number of hydrogen-bond donors (Lipinski definition) is 0. The summed E-state index contributed by atoms with van der Waals surface area (Å²) in [4.78, 5) is 7.10. The molecule has 3 aromatic rings. The van der Waals surface area contributed by atoms with Crippen LogP contribution in [0.1, 0.15) is 17.8 Å². The molecule has 6 nitrogen and oxygen atoms in total. The Morgan fingerprint density at radius 3 is 2.67 bits per heavy atom. The molecule has 1 saturated heterocycles. The maximum absolute atomic E-state index is 6.38. The summed E-state index contributed by atoms with van der Waals surface area (Å²) in [5, 5.41) is 0. The second-order valence-electron chi connectivity index (χ2n) is 8.16. The van der Waals surface area contributed by atoms with Gasteiger partial charge >= 0.3 is 0 Å². The number of ether oxygens (including phenoxy) is 3. The first kappa shape index (κ1) is 19.2. The van der Waals surface area contributed by atoms with E-state index in [4.69, 9.17) is 14.2 Å². The maximum atomic E-state index is 6.38. The van der Waals surface area contributed by atoms with Gasteiger partial charge in [-0.25, -0.2) is 4.98 Å². The average molecular weight is 405 g/mol. The van der Waals surface area contributed by atoms with Crippen LogP contribution in [0.3, 0.4) is 0 Å². The minimum atomic E-state index is -0.159. The average Bonchev–Trinajstić information content (AvgIpc) is 3.38. The molecule has 5 rings (SSSR count). The standard InChI is InChI=1S/C24H27N3O3/c1-28-20-8-6-18(7-9-20)14-26-11-10-24(16-26)17-27-22(13-25-23(27)15-30-24)19-4-3-5-21(12-19)29-2/h3-9,12-13H,10-11,14-17H2,1-2H3. The number of likely N-dealkylation sites (tertiary alicyclic amines) is 1. The fourth-order valence-corrected chi connectivity index (χ4v) is 4.57. The molecular formula is C24H27N3O3. The molecule has 0 saturated carbocycles. The van der Waals surface area contributed by atoms with E-state index < -0.39 is 0 Å². The first-order valence-electron chi connectivity index (χ1n) is 10.4. The molecule has 0 amide bonds. The minimum absolute atomic E-state index is 0.159. The predicted octanol–water partition coefficient (Wildman–Crippen LogP) is 3.74. The van der Waals surface area contributed by atoms with Gasteiger partial charge in [0.1, 0.15) is 29.5 Å². The fourth-order valence-electron chi connectivity index (χ4n) is 4.57. The maximum Gasteiger partial charge on any atom is 0.135 e. The third-order valence-electron chi connectivity index (χ3n) is 6.22. The van der Waals surface area contributed by atoms with Gasteiger partial charge in [-0.15, -0.1) is 0 Å². The molecule has 2 aliphatic rings.